The van der Waals surface area contributed by atoms with E-state index in [1.54, 1.807) is 12.3 Å². The van der Waals surface area contributed by atoms with Crippen LogP contribution in [0.1, 0.15) is 17.0 Å². The zero-order chi connectivity index (χ0) is 26.4. The molecule has 0 aliphatic carbocycles. The van der Waals surface area contributed by atoms with Crippen LogP contribution in [0, 0.1) is 6.92 Å². The predicted molar refractivity (Wildman–Crippen MR) is 157 cm³/mol. The number of nitrogens with zero attached hydrogens (tertiary/aromatic N) is 4. The highest BCUT2D eigenvalue weighted by Gasteiger charge is 2.11. The number of hydrogen-bond donors (Lipinski definition) is 1. The van der Waals surface area contributed by atoms with Crippen molar-refractivity contribution < 1.29 is 4.74 Å². The van der Waals surface area contributed by atoms with E-state index in [2.05, 4.69) is 68.8 Å². The minimum atomic E-state index is 0.474. The van der Waals surface area contributed by atoms with Crippen LogP contribution in [0.5, 0.6) is 11.6 Å². The van der Waals surface area contributed by atoms with Crippen LogP contribution in [0.25, 0.3) is 34.2 Å². The molecule has 6 heteroatoms. The van der Waals surface area contributed by atoms with Crippen LogP contribution >= 0.6 is 0 Å². The molecule has 0 fully saturated rings. The fourth-order valence-electron chi connectivity index (χ4n) is 4.21. The van der Waals surface area contributed by atoms with E-state index in [-0.39, 0.29) is 0 Å². The summed E-state index contributed by atoms with van der Waals surface area (Å²) >= 11 is 0. The van der Waals surface area contributed by atoms with Crippen molar-refractivity contribution in [2.24, 2.45) is 0 Å². The molecular formula is C33H25N5O. The number of aromatic nitrogens is 4. The van der Waals surface area contributed by atoms with E-state index in [1.165, 1.54) is 5.56 Å². The van der Waals surface area contributed by atoms with Gasteiger partial charge in [0, 0.05) is 34.3 Å². The molecule has 188 valence electrons. The lowest BCUT2D eigenvalue weighted by Crippen LogP contribution is -1.99. The lowest BCUT2D eigenvalue weighted by atomic mass is 10.0. The number of hydrogen-bond acceptors (Lipinski definition) is 6. The molecule has 0 saturated heterocycles. The van der Waals surface area contributed by atoms with Crippen molar-refractivity contribution in [2.45, 2.75) is 6.92 Å². The van der Waals surface area contributed by atoms with Gasteiger partial charge in [-0.15, -0.1) is 10.2 Å². The van der Waals surface area contributed by atoms with Gasteiger partial charge in [-0.1, -0.05) is 90.5 Å². The molecule has 6 nitrogen and oxygen atoms in total. The Balaban J connectivity index is 1.18. The topological polar surface area (TPSA) is 72.8 Å². The maximum Gasteiger partial charge on any atom is 0.222 e. The van der Waals surface area contributed by atoms with E-state index in [0.29, 0.717) is 23.3 Å². The SMILES string of the molecule is Cc1ccc(-c2nnc(Nc3ccc(Oc4ccnc(/C=C/c5ccccc5)n4)cc3)c3ccccc23)cc1. The number of ether oxygens (including phenoxy) is 1. The molecule has 0 aliphatic rings. The van der Waals surface area contributed by atoms with Gasteiger partial charge in [0.1, 0.15) is 11.4 Å². The lowest BCUT2D eigenvalue weighted by Gasteiger charge is -2.12. The number of aryl methyl sites for hydroxylation is 1. The fraction of sp³-hybridized carbons (Fsp3) is 0.0303. The average molecular weight is 508 g/mol. The van der Waals surface area contributed by atoms with E-state index >= 15 is 0 Å². The summed E-state index contributed by atoms with van der Waals surface area (Å²) < 4.78 is 5.98. The number of rotatable bonds is 7. The molecule has 0 atom stereocenters. The summed E-state index contributed by atoms with van der Waals surface area (Å²) in [5, 5.41) is 14.5. The predicted octanol–water partition coefficient (Wildman–Crippen LogP) is 8.10. The van der Waals surface area contributed by atoms with E-state index in [1.807, 2.05) is 78.9 Å². The molecular weight excluding hydrogens is 482 g/mol. The molecule has 0 spiro atoms. The second-order valence-corrected chi connectivity index (χ2v) is 9.06. The summed E-state index contributed by atoms with van der Waals surface area (Å²) in [4.78, 5) is 8.80. The standard InChI is InChI=1S/C33H25N5O/c1-23-11-14-25(15-12-23)32-28-9-5-6-10-29(28)33(38-37-32)35-26-16-18-27(19-17-26)39-31-21-22-34-30(36-31)20-13-24-7-3-2-4-8-24/h2-22H,1H3,(H,35,38)/b20-13+. The van der Waals surface area contributed by atoms with E-state index in [0.717, 1.165) is 33.3 Å². The minimum absolute atomic E-state index is 0.474. The van der Waals surface area contributed by atoms with Crippen LogP contribution in [0.2, 0.25) is 0 Å². The Hall–Kier alpha value is -5.36. The van der Waals surface area contributed by atoms with Crippen molar-refractivity contribution in [3.63, 3.8) is 0 Å². The van der Waals surface area contributed by atoms with Crippen LogP contribution in [0.3, 0.4) is 0 Å². The van der Waals surface area contributed by atoms with E-state index < -0.39 is 0 Å². The summed E-state index contributed by atoms with van der Waals surface area (Å²) in [6.07, 6.45) is 5.52. The largest absolute Gasteiger partial charge is 0.439 e. The smallest absolute Gasteiger partial charge is 0.222 e. The minimum Gasteiger partial charge on any atom is -0.439 e. The second-order valence-electron chi connectivity index (χ2n) is 9.06. The quantitative estimate of drug-likeness (QED) is 0.235. The summed E-state index contributed by atoms with van der Waals surface area (Å²) in [6.45, 7) is 2.08. The Morgan fingerprint density at radius 3 is 2.23 bits per heavy atom. The van der Waals surface area contributed by atoms with Crippen LogP contribution in [0.15, 0.2) is 115 Å². The molecule has 0 radical (unpaired) electrons. The molecule has 2 aromatic heterocycles. The van der Waals surface area contributed by atoms with Crippen molar-refractivity contribution in [2.75, 3.05) is 5.32 Å². The maximum atomic E-state index is 5.98. The van der Waals surface area contributed by atoms with Gasteiger partial charge in [-0.05, 0) is 42.8 Å². The normalized spacial score (nSPS) is 11.1. The first-order chi connectivity index (χ1) is 19.2. The van der Waals surface area contributed by atoms with Gasteiger partial charge < -0.3 is 10.1 Å². The zero-order valence-corrected chi connectivity index (χ0v) is 21.3. The van der Waals surface area contributed by atoms with Gasteiger partial charge in [0.2, 0.25) is 5.88 Å². The van der Waals surface area contributed by atoms with Crippen LogP contribution < -0.4 is 10.1 Å². The molecule has 0 bridgehead atoms. The van der Waals surface area contributed by atoms with Gasteiger partial charge in [-0.3, -0.25) is 0 Å². The van der Waals surface area contributed by atoms with Gasteiger partial charge in [-0.25, -0.2) is 4.98 Å². The molecule has 6 aromatic rings. The third-order valence-corrected chi connectivity index (χ3v) is 6.22. The third-order valence-electron chi connectivity index (χ3n) is 6.22. The lowest BCUT2D eigenvalue weighted by molar-refractivity contribution is 0.461. The van der Waals surface area contributed by atoms with Gasteiger partial charge in [-0.2, -0.15) is 4.98 Å². The number of nitrogens with one attached hydrogen (secondary N) is 1. The highest BCUT2D eigenvalue weighted by atomic mass is 16.5. The fourth-order valence-corrected chi connectivity index (χ4v) is 4.21. The van der Waals surface area contributed by atoms with Crippen LogP contribution in [-0.2, 0) is 0 Å². The number of fused-ring (bicyclic) bond motifs is 1. The summed E-state index contributed by atoms with van der Waals surface area (Å²) in [7, 11) is 0. The third kappa shape index (κ3) is 5.65. The molecule has 0 aliphatic heterocycles. The van der Waals surface area contributed by atoms with E-state index in [4.69, 9.17) is 4.74 Å². The van der Waals surface area contributed by atoms with Crippen molar-refractivity contribution in [3.8, 4) is 22.9 Å². The van der Waals surface area contributed by atoms with Crippen molar-refractivity contribution in [1.82, 2.24) is 20.2 Å². The second kappa shape index (κ2) is 10.9. The monoisotopic (exact) mass is 507 g/mol. The molecule has 2 heterocycles. The zero-order valence-electron chi connectivity index (χ0n) is 21.3. The van der Waals surface area contributed by atoms with Crippen LogP contribution in [-0.4, -0.2) is 20.2 Å². The molecule has 4 aromatic carbocycles. The molecule has 0 saturated carbocycles. The molecule has 0 amide bonds. The number of anilines is 2. The summed E-state index contributed by atoms with van der Waals surface area (Å²) in [5.41, 5.74) is 5.07. The molecule has 39 heavy (non-hydrogen) atoms. The summed E-state index contributed by atoms with van der Waals surface area (Å²) in [6, 6.07) is 35.9. The Kier molecular flexibility index (Phi) is 6.74. The first-order valence-electron chi connectivity index (χ1n) is 12.6. The average Bonchev–Trinajstić information content (AvgIpc) is 2.99. The molecule has 1 N–H and O–H groups in total. The highest BCUT2D eigenvalue weighted by Crippen LogP contribution is 2.31. The Bertz CT molecular complexity index is 1750. The van der Waals surface area contributed by atoms with Gasteiger partial charge in [0.05, 0.1) is 0 Å². The summed E-state index contributed by atoms with van der Waals surface area (Å²) in [5.74, 6) is 2.42. The maximum absolute atomic E-state index is 5.98. The molecule has 0 unspecified atom stereocenters. The Morgan fingerprint density at radius 2 is 1.44 bits per heavy atom. The van der Waals surface area contributed by atoms with Crippen molar-refractivity contribution in [3.05, 3.63) is 132 Å². The van der Waals surface area contributed by atoms with Crippen molar-refractivity contribution in [1.29, 1.82) is 0 Å². The van der Waals surface area contributed by atoms with Gasteiger partial charge in [0.15, 0.2) is 11.6 Å². The van der Waals surface area contributed by atoms with E-state index in [9.17, 15) is 0 Å². The number of benzene rings is 4. The van der Waals surface area contributed by atoms with Gasteiger partial charge >= 0.3 is 0 Å². The molecule has 6 rings (SSSR count). The first-order valence-corrected chi connectivity index (χ1v) is 12.6. The van der Waals surface area contributed by atoms with Crippen LogP contribution in [0.4, 0.5) is 11.5 Å². The van der Waals surface area contributed by atoms with Gasteiger partial charge in [0.25, 0.3) is 0 Å². The first kappa shape index (κ1) is 24.0. The highest BCUT2D eigenvalue weighted by molar-refractivity contribution is 6.00. The Labute approximate surface area is 226 Å². The van der Waals surface area contributed by atoms with Crippen molar-refractivity contribution >= 4 is 34.4 Å². The Morgan fingerprint density at radius 1 is 0.692 bits per heavy atom.